The number of methoxy groups -OCH3 is 2. The Morgan fingerprint density at radius 2 is 1.74 bits per heavy atom. The van der Waals surface area contributed by atoms with E-state index in [1.54, 1.807) is 27.4 Å². The largest absolute Gasteiger partial charge is 0.497 e. The summed E-state index contributed by atoms with van der Waals surface area (Å²) in [4.78, 5) is 12.6. The van der Waals surface area contributed by atoms with Gasteiger partial charge >= 0.3 is 0 Å². The van der Waals surface area contributed by atoms with Crippen molar-refractivity contribution in [3.05, 3.63) is 83.6 Å². The second kappa shape index (κ2) is 9.39. The summed E-state index contributed by atoms with van der Waals surface area (Å²) in [6.07, 6.45) is 3.08. The Kier molecular flexibility index (Phi) is 6.36. The number of benzene rings is 3. The molecule has 0 bridgehead atoms. The molecule has 0 atom stereocenters. The Hall–Kier alpha value is -4.13. The van der Waals surface area contributed by atoms with E-state index in [0.29, 0.717) is 22.5 Å². The molecule has 174 valence electrons. The third kappa shape index (κ3) is 4.37. The maximum Gasteiger partial charge on any atom is 0.248 e. The summed E-state index contributed by atoms with van der Waals surface area (Å²) >= 11 is 0. The van der Waals surface area contributed by atoms with Crippen LogP contribution in [0.2, 0.25) is 0 Å². The maximum absolute atomic E-state index is 13.5. The van der Waals surface area contributed by atoms with Crippen LogP contribution in [0.4, 0.5) is 14.5 Å². The first kappa shape index (κ1) is 23.0. The Labute approximate surface area is 195 Å². The maximum atomic E-state index is 13.5. The Bertz CT molecular complexity index is 1400. The number of halogens is 2. The fraction of sp³-hybridized carbons (Fsp3) is 0.148. The predicted octanol–water partition coefficient (Wildman–Crippen LogP) is 6.75. The van der Waals surface area contributed by atoms with Crippen molar-refractivity contribution < 1.29 is 27.5 Å². The SMILES string of the molecule is COc1ccc(-c2coc3c(C)c(OC)c(/C(C)=C/C(=O)Nc4ccc(F)c(F)c4)cc23)cc1. The van der Waals surface area contributed by atoms with E-state index in [-0.39, 0.29) is 5.69 Å². The molecule has 5 nitrogen and oxygen atoms in total. The van der Waals surface area contributed by atoms with E-state index in [0.717, 1.165) is 40.0 Å². The molecule has 1 aromatic heterocycles. The van der Waals surface area contributed by atoms with Gasteiger partial charge < -0.3 is 19.2 Å². The lowest BCUT2D eigenvalue weighted by atomic mass is 9.96. The molecule has 1 heterocycles. The zero-order chi connectivity index (χ0) is 24.4. The molecule has 0 spiro atoms. The highest BCUT2D eigenvalue weighted by Gasteiger charge is 2.19. The number of rotatable bonds is 6. The van der Waals surface area contributed by atoms with Crippen molar-refractivity contribution in [2.45, 2.75) is 13.8 Å². The lowest BCUT2D eigenvalue weighted by molar-refractivity contribution is -0.111. The van der Waals surface area contributed by atoms with E-state index in [1.165, 1.54) is 12.1 Å². The molecule has 1 N–H and O–H groups in total. The monoisotopic (exact) mass is 463 g/mol. The zero-order valence-electron chi connectivity index (χ0n) is 19.2. The van der Waals surface area contributed by atoms with E-state index in [2.05, 4.69) is 5.32 Å². The van der Waals surface area contributed by atoms with E-state index in [9.17, 15) is 13.6 Å². The van der Waals surface area contributed by atoms with E-state index in [1.807, 2.05) is 37.3 Å². The summed E-state index contributed by atoms with van der Waals surface area (Å²) in [5.41, 5.74) is 4.82. The van der Waals surface area contributed by atoms with Gasteiger partial charge in [-0.05, 0) is 55.3 Å². The van der Waals surface area contributed by atoms with Gasteiger partial charge in [0.1, 0.15) is 17.1 Å². The molecule has 4 rings (SSSR count). The van der Waals surface area contributed by atoms with E-state index >= 15 is 0 Å². The number of nitrogens with one attached hydrogen (secondary N) is 1. The molecule has 1 amide bonds. The predicted molar refractivity (Wildman–Crippen MR) is 128 cm³/mol. The number of aryl methyl sites for hydroxylation is 1. The number of hydrogen-bond acceptors (Lipinski definition) is 4. The minimum atomic E-state index is -1.03. The van der Waals surface area contributed by atoms with Gasteiger partial charge in [-0.3, -0.25) is 4.79 Å². The quantitative estimate of drug-likeness (QED) is 0.322. The van der Waals surface area contributed by atoms with Crippen LogP contribution in [-0.4, -0.2) is 20.1 Å². The van der Waals surface area contributed by atoms with Gasteiger partial charge in [-0.1, -0.05) is 12.1 Å². The van der Waals surface area contributed by atoms with Gasteiger partial charge in [0.05, 0.1) is 20.5 Å². The Morgan fingerprint density at radius 1 is 1.00 bits per heavy atom. The van der Waals surface area contributed by atoms with Crippen LogP contribution in [0, 0.1) is 18.6 Å². The molecule has 3 aromatic carbocycles. The molecule has 0 aliphatic rings. The number of fused-ring (bicyclic) bond motifs is 1. The molecule has 0 saturated heterocycles. The van der Waals surface area contributed by atoms with Crippen LogP contribution in [0.5, 0.6) is 11.5 Å². The number of carbonyl (C=O) groups is 1. The lowest BCUT2D eigenvalue weighted by Gasteiger charge is -2.13. The van der Waals surface area contributed by atoms with Crippen molar-refractivity contribution in [3.8, 4) is 22.6 Å². The number of anilines is 1. The molecular weight excluding hydrogens is 440 g/mol. The van der Waals surface area contributed by atoms with Gasteiger partial charge in [-0.25, -0.2) is 8.78 Å². The molecule has 0 fully saturated rings. The summed E-state index contributed by atoms with van der Waals surface area (Å²) in [5.74, 6) is -1.16. The van der Waals surface area contributed by atoms with Crippen LogP contribution in [0.1, 0.15) is 18.1 Å². The van der Waals surface area contributed by atoms with Crippen molar-refractivity contribution in [1.29, 1.82) is 0 Å². The van der Waals surface area contributed by atoms with E-state index in [4.69, 9.17) is 13.9 Å². The molecule has 7 heteroatoms. The summed E-state index contributed by atoms with van der Waals surface area (Å²) in [7, 11) is 3.17. The third-order valence-electron chi connectivity index (χ3n) is 5.61. The van der Waals surface area contributed by atoms with Crippen molar-refractivity contribution in [3.63, 3.8) is 0 Å². The number of hydrogen-bond donors (Lipinski definition) is 1. The molecule has 0 saturated carbocycles. The van der Waals surface area contributed by atoms with Crippen LogP contribution >= 0.6 is 0 Å². The van der Waals surface area contributed by atoms with Gasteiger partial charge in [-0.2, -0.15) is 0 Å². The van der Waals surface area contributed by atoms with Crippen LogP contribution < -0.4 is 14.8 Å². The van der Waals surface area contributed by atoms with Crippen molar-refractivity contribution >= 4 is 28.1 Å². The highest BCUT2D eigenvalue weighted by atomic mass is 19.2. The first-order chi connectivity index (χ1) is 16.3. The second-order valence-corrected chi connectivity index (χ2v) is 7.78. The van der Waals surface area contributed by atoms with Gasteiger partial charge in [-0.15, -0.1) is 0 Å². The summed E-state index contributed by atoms with van der Waals surface area (Å²) in [6, 6.07) is 12.7. The molecule has 0 aliphatic carbocycles. The smallest absolute Gasteiger partial charge is 0.248 e. The Morgan fingerprint density at radius 3 is 2.38 bits per heavy atom. The molecule has 34 heavy (non-hydrogen) atoms. The number of ether oxygens (including phenoxy) is 2. The number of amides is 1. The van der Waals surface area contributed by atoms with Crippen LogP contribution in [0.3, 0.4) is 0 Å². The number of carbonyl (C=O) groups excluding carboxylic acids is 1. The third-order valence-corrected chi connectivity index (χ3v) is 5.61. The highest BCUT2D eigenvalue weighted by Crippen LogP contribution is 2.40. The number of furan rings is 1. The molecule has 0 radical (unpaired) electrons. The molecular formula is C27H23F2NO4. The summed E-state index contributed by atoms with van der Waals surface area (Å²) < 4.78 is 43.4. The lowest BCUT2D eigenvalue weighted by Crippen LogP contribution is -2.09. The standard InChI is InChI=1S/C27H23F2NO4/c1-15(11-25(31)30-18-7-10-23(28)24(29)12-18)20-13-21-22(17-5-8-19(32-3)9-6-17)14-34-27(21)16(2)26(20)33-4/h5-14H,1-4H3,(H,30,31)/b15-11+. The Balaban J connectivity index is 1.74. The first-order valence-electron chi connectivity index (χ1n) is 10.5. The van der Waals surface area contributed by atoms with Crippen molar-refractivity contribution in [2.75, 3.05) is 19.5 Å². The van der Waals surface area contributed by atoms with Crippen molar-refractivity contribution in [2.24, 2.45) is 0 Å². The van der Waals surface area contributed by atoms with Crippen LogP contribution in [0.15, 0.2) is 65.3 Å². The molecule has 0 unspecified atom stereocenters. The van der Waals surface area contributed by atoms with Gasteiger partial charge in [0.2, 0.25) is 5.91 Å². The molecule has 4 aromatic rings. The minimum absolute atomic E-state index is 0.156. The average Bonchev–Trinajstić information content (AvgIpc) is 3.25. The summed E-state index contributed by atoms with van der Waals surface area (Å²) in [5, 5.41) is 3.42. The van der Waals surface area contributed by atoms with Crippen LogP contribution in [-0.2, 0) is 4.79 Å². The highest BCUT2D eigenvalue weighted by molar-refractivity contribution is 6.06. The fourth-order valence-electron chi connectivity index (χ4n) is 3.89. The number of allylic oxidation sites excluding steroid dienone is 1. The van der Waals surface area contributed by atoms with Gasteiger partial charge in [0.15, 0.2) is 11.6 Å². The van der Waals surface area contributed by atoms with Crippen LogP contribution in [0.25, 0.3) is 27.7 Å². The fourth-order valence-corrected chi connectivity index (χ4v) is 3.89. The average molecular weight is 463 g/mol. The normalized spacial score (nSPS) is 11.5. The van der Waals surface area contributed by atoms with Gasteiger partial charge in [0, 0.05) is 39.9 Å². The zero-order valence-corrected chi connectivity index (χ0v) is 19.2. The first-order valence-corrected chi connectivity index (χ1v) is 10.5. The minimum Gasteiger partial charge on any atom is -0.497 e. The van der Waals surface area contributed by atoms with E-state index < -0.39 is 17.5 Å². The van der Waals surface area contributed by atoms with Gasteiger partial charge in [0.25, 0.3) is 0 Å². The van der Waals surface area contributed by atoms with Crippen molar-refractivity contribution in [1.82, 2.24) is 0 Å². The summed E-state index contributed by atoms with van der Waals surface area (Å²) in [6.45, 7) is 3.67. The topological polar surface area (TPSA) is 60.7 Å². The second-order valence-electron chi connectivity index (χ2n) is 7.78. The molecule has 0 aliphatic heterocycles.